The lowest BCUT2D eigenvalue weighted by atomic mass is 10.1. The van der Waals surface area contributed by atoms with Crippen molar-refractivity contribution < 1.29 is 4.79 Å². The average molecular weight is 660 g/mol. The van der Waals surface area contributed by atoms with Crippen LogP contribution in [0.5, 0.6) is 0 Å². The van der Waals surface area contributed by atoms with Crippen molar-refractivity contribution in [3.63, 3.8) is 0 Å². The largest absolute Gasteiger partial charge is 0.352 e. The first-order valence-corrected chi connectivity index (χ1v) is 14.8. The van der Waals surface area contributed by atoms with Crippen molar-refractivity contribution >= 4 is 75.3 Å². The minimum absolute atomic E-state index is 0.143. The van der Waals surface area contributed by atoms with Crippen LogP contribution in [-0.2, 0) is 24.3 Å². The molecule has 0 spiro atoms. The van der Waals surface area contributed by atoms with Crippen molar-refractivity contribution in [2.75, 3.05) is 11.9 Å². The highest BCUT2D eigenvalue weighted by Crippen LogP contribution is 2.28. The second-order valence-electron chi connectivity index (χ2n) is 9.61. The first-order chi connectivity index (χ1) is 20.1. The van der Waals surface area contributed by atoms with Crippen molar-refractivity contribution in [3.8, 4) is 6.07 Å². The van der Waals surface area contributed by atoms with Gasteiger partial charge >= 0.3 is 0 Å². The molecule has 0 radical (unpaired) electrons. The number of benzene rings is 3. The van der Waals surface area contributed by atoms with Gasteiger partial charge in [0.2, 0.25) is 5.91 Å². The summed E-state index contributed by atoms with van der Waals surface area (Å²) in [5.41, 5.74) is 3.73. The number of thiocarbonyl (C=S) groups is 1. The second kappa shape index (κ2) is 14.7. The van der Waals surface area contributed by atoms with Gasteiger partial charge in [-0.1, -0.05) is 70.7 Å². The summed E-state index contributed by atoms with van der Waals surface area (Å²) in [6.45, 7) is 3.14. The van der Waals surface area contributed by atoms with E-state index in [1.807, 2.05) is 40.7 Å². The molecule has 4 aromatic rings. The van der Waals surface area contributed by atoms with Gasteiger partial charge in [0, 0.05) is 42.6 Å². The van der Waals surface area contributed by atoms with Crippen molar-refractivity contribution in [2.45, 2.75) is 32.5 Å². The number of nitriles is 1. The van der Waals surface area contributed by atoms with E-state index in [9.17, 15) is 4.79 Å². The predicted molar refractivity (Wildman–Crippen MR) is 173 cm³/mol. The lowest BCUT2D eigenvalue weighted by Gasteiger charge is -2.30. The SMILES string of the molecule is C[C@@H](CN(Cc1cccc(Cl)c1Cl)C(=S)Nc1ccc(Cl)cc1Cl)NC(=O)Cc1cncn1Cc1ccc(C#N)cc1. The van der Waals surface area contributed by atoms with Crippen LogP contribution in [0.15, 0.2) is 73.2 Å². The first-order valence-electron chi connectivity index (χ1n) is 12.8. The normalized spacial score (nSPS) is 11.4. The molecule has 1 heterocycles. The summed E-state index contributed by atoms with van der Waals surface area (Å²) >= 11 is 30.9. The minimum atomic E-state index is -0.286. The number of hydrogen-bond donors (Lipinski definition) is 2. The van der Waals surface area contributed by atoms with E-state index in [0.29, 0.717) is 56.1 Å². The fourth-order valence-corrected chi connectivity index (χ4v) is 5.35. The van der Waals surface area contributed by atoms with Crippen molar-refractivity contribution in [3.05, 3.63) is 116 Å². The number of rotatable bonds is 10. The molecule has 0 fully saturated rings. The third-order valence-electron chi connectivity index (χ3n) is 6.33. The van der Waals surface area contributed by atoms with Gasteiger partial charge in [0.25, 0.3) is 0 Å². The smallest absolute Gasteiger partial charge is 0.226 e. The highest BCUT2D eigenvalue weighted by atomic mass is 35.5. The van der Waals surface area contributed by atoms with Crippen LogP contribution in [0.25, 0.3) is 0 Å². The van der Waals surface area contributed by atoms with Crippen LogP contribution in [-0.4, -0.2) is 38.1 Å². The second-order valence-corrected chi connectivity index (χ2v) is 11.6. The number of amides is 1. The zero-order chi connectivity index (χ0) is 30.2. The topological polar surface area (TPSA) is 86.0 Å². The zero-order valence-electron chi connectivity index (χ0n) is 22.5. The van der Waals surface area contributed by atoms with Gasteiger partial charge < -0.3 is 20.1 Å². The molecule has 1 atom stereocenters. The Bertz CT molecular complexity index is 1620. The Morgan fingerprint density at radius 3 is 2.57 bits per heavy atom. The lowest BCUT2D eigenvalue weighted by Crippen LogP contribution is -2.45. The molecule has 1 aromatic heterocycles. The molecular formula is C30H26Cl4N6OS. The molecule has 0 aliphatic heterocycles. The van der Waals surface area contributed by atoms with E-state index >= 15 is 0 Å². The summed E-state index contributed by atoms with van der Waals surface area (Å²) in [5, 5.41) is 17.4. The van der Waals surface area contributed by atoms with Crippen molar-refractivity contribution in [2.24, 2.45) is 0 Å². The summed E-state index contributed by atoms with van der Waals surface area (Å²) in [5.74, 6) is -0.163. The lowest BCUT2D eigenvalue weighted by molar-refractivity contribution is -0.121. The average Bonchev–Trinajstić information content (AvgIpc) is 3.38. The molecular weight excluding hydrogens is 634 g/mol. The number of hydrogen-bond acceptors (Lipinski definition) is 4. The van der Waals surface area contributed by atoms with Crippen LogP contribution < -0.4 is 10.6 Å². The Morgan fingerprint density at radius 1 is 1.10 bits per heavy atom. The Hall–Kier alpha value is -3.32. The van der Waals surface area contributed by atoms with E-state index in [2.05, 4.69) is 21.7 Å². The van der Waals surface area contributed by atoms with E-state index in [-0.39, 0.29) is 18.4 Å². The number of aromatic nitrogens is 2. The van der Waals surface area contributed by atoms with Crippen LogP contribution in [0, 0.1) is 11.3 Å². The van der Waals surface area contributed by atoms with Gasteiger partial charge in [0.1, 0.15) is 0 Å². The number of carbonyl (C=O) groups excluding carboxylic acids is 1. The summed E-state index contributed by atoms with van der Waals surface area (Å²) in [7, 11) is 0. The minimum Gasteiger partial charge on any atom is -0.352 e. The molecule has 42 heavy (non-hydrogen) atoms. The molecule has 0 saturated carbocycles. The summed E-state index contributed by atoms with van der Waals surface area (Å²) in [6.07, 6.45) is 3.51. The monoisotopic (exact) mass is 658 g/mol. The van der Waals surface area contributed by atoms with E-state index in [1.54, 1.807) is 48.9 Å². The molecule has 7 nitrogen and oxygen atoms in total. The molecule has 3 aromatic carbocycles. The van der Waals surface area contributed by atoms with Crippen LogP contribution in [0.1, 0.15) is 29.3 Å². The predicted octanol–water partition coefficient (Wildman–Crippen LogP) is 7.36. The molecule has 216 valence electrons. The number of imidazole rings is 1. The molecule has 12 heteroatoms. The Kier molecular flexibility index (Phi) is 11.1. The third kappa shape index (κ3) is 8.60. The summed E-state index contributed by atoms with van der Waals surface area (Å²) < 4.78 is 1.91. The van der Waals surface area contributed by atoms with Gasteiger partial charge in [-0.15, -0.1) is 0 Å². The van der Waals surface area contributed by atoms with E-state index in [4.69, 9.17) is 63.9 Å². The van der Waals surface area contributed by atoms with Gasteiger partial charge in [0.05, 0.1) is 45.1 Å². The number of carbonyl (C=O) groups is 1. The molecule has 1 amide bonds. The Labute approximate surface area is 270 Å². The third-order valence-corrected chi connectivity index (χ3v) is 8.10. The van der Waals surface area contributed by atoms with E-state index < -0.39 is 0 Å². The van der Waals surface area contributed by atoms with E-state index in [1.165, 1.54) is 0 Å². The summed E-state index contributed by atoms with van der Waals surface area (Å²) in [6, 6.07) is 19.6. The molecule has 0 unspecified atom stereocenters. The number of halogens is 4. The van der Waals surface area contributed by atoms with Gasteiger partial charge in [-0.25, -0.2) is 4.98 Å². The van der Waals surface area contributed by atoms with Gasteiger partial charge in [0.15, 0.2) is 5.11 Å². The fourth-order valence-electron chi connectivity index (χ4n) is 4.27. The van der Waals surface area contributed by atoms with Gasteiger partial charge in [-0.2, -0.15) is 5.26 Å². The summed E-state index contributed by atoms with van der Waals surface area (Å²) in [4.78, 5) is 19.2. The standard InChI is InChI=1S/C30H26Cl4N6OS/c1-19(37-28(41)12-24-14-36-18-40(24)16-21-7-5-20(13-35)6-8-21)15-39(17-22-3-2-4-25(32)29(22)34)30(42)38-27-10-9-23(31)11-26(27)33/h2-11,14,18-19H,12,15-17H2,1H3,(H,37,41)(H,38,42)/t19-/m0/s1. The highest BCUT2D eigenvalue weighted by Gasteiger charge is 2.19. The quantitative estimate of drug-likeness (QED) is 0.173. The van der Waals surface area contributed by atoms with Crippen LogP contribution in [0.2, 0.25) is 20.1 Å². The van der Waals surface area contributed by atoms with Crippen molar-refractivity contribution in [1.29, 1.82) is 5.26 Å². The maximum Gasteiger partial charge on any atom is 0.226 e. The Morgan fingerprint density at radius 2 is 1.86 bits per heavy atom. The Balaban J connectivity index is 1.43. The maximum absolute atomic E-state index is 13.1. The molecule has 0 saturated heterocycles. The molecule has 0 aliphatic carbocycles. The number of nitrogens with one attached hydrogen (secondary N) is 2. The van der Waals surface area contributed by atoms with E-state index in [0.717, 1.165) is 16.8 Å². The number of anilines is 1. The van der Waals surface area contributed by atoms with Gasteiger partial charge in [-0.3, -0.25) is 4.79 Å². The molecule has 4 rings (SSSR count). The maximum atomic E-state index is 13.1. The first kappa shape index (κ1) is 31.6. The zero-order valence-corrected chi connectivity index (χ0v) is 26.3. The molecule has 0 aliphatic rings. The van der Waals surface area contributed by atoms with Crippen molar-refractivity contribution in [1.82, 2.24) is 19.8 Å². The highest BCUT2D eigenvalue weighted by molar-refractivity contribution is 7.80. The fraction of sp³-hybridized carbons (Fsp3) is 0.200. The number of nitrogens with zero attached hydrogens (tertiary/aromatic N) is 4. The van der Waals surface area contributed by atoms with Crippen LogP contribution in [0.4, 0.5) is 5.69 Å². The van der Waals surface area contributed by atoms with Crippen LogP contribution in [0.3, 0.4) is 0 Å². The molecule has 2 N–H and O–H groups in total. The molecule has 0 bridgehead atoms. The van der Waals surface area contributed by atoms with Gasteiger partial charge in [-0.05, 0) is 66.7 Å². The van der Waals surface area contributed by atoms with Crippen LogP contribution >= 0.6 is 58.6 Å².